The van der Waals surface area contributed by atoms with Gasteiger partial charge < -0.3 is 19.9 Å². The zero-order valence-electron chi connectivity index (χ0n) is 14.7. The van der Waals surface area contributed by atoms with Crippen LogP contribution in [0.2, 0.25) is 0 Å². The molecule has 0 bridgehead atoms. The maximum Gasteiger partial charge on any atom is 0.317 e. The van der Waals surface area contributed by atoms with Crippen LogP contribution in [-0.2, 0) is 11.2 Å². The minimum Gasteiger partial charge on any atom is -0.496 e. The van der Waals surface area contributed by atoms with Crippen LogP contribution < -0.4 is 10.1 Å². The van der Waals surface area contributed by atoms with Crippen LogP contribution in [0.15, 0.2) is 24.3 Å². The number of nitrogens with one attached hydrogen (secondary N) is 1. The molecule has 1 aromatic rings. The molecule has 1 saturated heterocycles. The fourth-order valence-corrected chi connectivity index (χ4v) is 3.07. The van der Waals surface area contributed by atoms with Crippen molar-refractivity contribution < 1.29 is 14.3 Å². The lowest BCUT2D eigenvalue weighted by atomic mass is 10.1. The number of likely N-dealkylation sites (tertiary alicyclic amines) is 1. The fraction of sp³-hybridized carbons (Fsp3) is 0.556. The summed E-state index contributed by atoms with van der Waals surface area (Å²) in [6, 6.07) is 7.84. The van der Waals surface area contributed by atoms with E-state index in [4.69, 9.17) is 4.74 Å². The number of amides is 3. The Bertz CT molecular complexity index is 576. The van der Waals surface area contributed by atoms with E-state index < -0.39 is 0 Å². The number of carbonyl (C=O) groups is 2. The van der Waals surface area contributed by atoms with Crippen molar-refractivity contribution >= 4 is 11.9 Å². The molecule has 3 amide bonds. The molecule has 0 spiro atoms. The van der Waals surface area contributed by atoms with E-state index in [0.717, 1.165) is 30.7 Å². The van der Waals surface area contributed by atoms with Gasteiger partial charge in [-0.1, -0.05) is 18.2 Å². The molecule has 1 aliphatic rings. The molecule has 6 heteroatoms. The maximum absolute atomic E-state index is 12.1. The maximum atomic E-state index is 12.1. The van der Waals surface area contributed by atoms with Gasteiger partial charge in [-0.15, -0.1) is 0 Å². The minimum absolute atomic E-state index is 0.0861. The Kier molecular flexibility index (Phi) is 6.46. The second-order valence-electron chi connectivity index (χ2n) is 6.37. The van der Waals surface area contributed by atoms with E-state index >= 15 is 0 Å². The number of ether oxygens (including phenoxy) is 1. The molecule has 1 heterocycles. The summed E-state index contributed by atoms with van der Waals surface area (Å²) in [4.78, 5) is 27.0. The molecule has 24 heavy (non-hydrogen) atoms. The van der Waals surface area contributed by atoms with Crippen LogP contribution >= 0.6 is 0 Å². The van der Waals surface area contributed by atoms with Gasteiger partial charge in [0.15, 0.2) is 0 Å². The van der Waals surface area contributed by atoms with Gasteiger partial charge in [0.2, 0.25) is 5.91 Å². The molecule has 1 fully saturated rings. The molecule has 0 aromatic heterocycles. The molecule has 1 aromatic carbocycles. The van der Waals surface area contributed by atoms with Crippen LogP contribution in [0.3, 0.4) is 0 Å². The average molecular weight is 333 g/mol. The first-order valence-electron chi connectivity index (χ1n) is 8.36. The highest BCUT2D eigenvalue weighted by atomic mass is 16.5. The first-order chi connectivity index (χ1) is 11.5. The second-order valence-corrected chi connectivity index (χ2v) is 6.37. The van der Waals surface area contributed by atoms with Crippen LogP contribution in [0.5, 0.6) is 5.75 Å². The number of methoxy groups -OCH3 is 1. The fourth-order valence-electron chi connectivity index (χ4n) is 3.07. The molecule has 0 saturated carbocycles. The van der Waals surface area contributed by atoms with Crippen LogP contribution in [0.1, 0.15) is 18.4 Å². The van der Waals surface area contributed by atoms with Crippen molar-refractivity contribution in [2.45, 2.75) is 19.3 Å². The summed E-state index contributed by atoms with van der Waals surface area (Å²) in [7, 11) is 5.25. The largest absolute Gasteiger partial charge is 0.496 e. The molecule has 0 aliphatic carbocycles. The average Bonchev–Trinajstić information content (AvgIpc) is 2.89. The van der Waals surface area contributed by atoms with E-state index in [-0.39, 0.29) is 17.9 Å². The van der Waals surface area contributed by atoms with Gasteiger partial charge in [-0.05, 0) is 24.5 Å². The number of para-hydroxylation sites is 1. The minimum atomic E-state index is -0.0861. The molecule has 1 N–H and O–H groups in total. The predicted octanol–water partition coefficient (Wildman–Crippen LogP) is 1.75. The quantitative estimate of drug-likeness (QED) is 0.773. The molecule has 6 nitrogen and oxygen atoms in total. The lowest BCUT2D eigenvalue weighted by molar-refractivity contribution is -0.126. The third-order valence-electron chi connectivity index (χ3n) is 4.39. The number of urea groups is 1. The Morgan fingerprint density at radius 1 is 1.42 bits per heavy atom. The van der Waals surface area contributed by atoms with Gasteiger partial charge in [0, 0.05) is 46.1 Å². The smallest absolute Gasteiger partial charge is 0.317 e. The summed E-state index contributed by atoms with van der Waals surface area (Å²) < 4.78 is 5.33. The van der Waals surface area contributed by atoms with E-state index in [1.54, 1.807) is 31.0 Å². The van der Waals surface area contributed by atoms with Crippen LogP contribution in [0, 0.1) is 5.92 Å². The summed E-state index contributed by atoms with van der Waals surface area (Å²) in [6.07, 6.45) is 2.24. The van der Waals surface area contributed by atoms with E-state index in [9.17, 15) is 9.59 Å². The zero-order chi connectivity index (χ0) is 17.5. The summed E-state index contributed by atoms with van der Waals surface area (Å²) in [6.45, 7) is 1.95. The number of nitrogens with zero attached hydrogens (tertiary/aromatic N) is 2. The van der Waals surface area contributed by atoms with E-state index in [1.165, 1.54) is 0 Å². The number of hydrogen-bond donors (Lipinski definition) is 1. The lowest BCUT2D eigenvalue weighted by Gasteiger charge is -2.21. The van der Waals surface area contributed by atoms with Crippen molar-refractivity contribution in [1.29, 1.82) is 0 Å². The highest BCUT2D eigenvalue weighted by molar-refractivity contribution is 5.78. The number of benzene rings is 1. The van der Waals surface area contributed by atoms with Gasteiger partial charge >= 0.3 is 6.03 Å². The molecular formula is C18H27N3O3. The van der Waals surface area contributed by atoms with E-state index in [2.05, 4.69) is 5.32 Å². The first-order valence-corrected chi connectivity index (χ1v) is 8.36. The Labute approximate surface area is 143 Å². The molecule has 1 aliphatic heterocycles. The van der Waals surface area contributed by atoms with Gasteiger partial charge in [0.1, 0.15) is 5.75 Å². The van der Waals surface area contributed by atoms with Crippen molar-refractivity contribution in [3.05, 3.63) is 29.8 Å². The summed E-state index contributed by atoms with van der Waals surface area (Å²) in [5.41, 5.74) is 1.15. The van der Waals surface area contributed by atoms with Gasteiger partial charge in [-0.25, -0.2) is 4.79 Å². The van der Waals surface area contributed by atoms with Gasteiger partial charge in [0.25, 0.3) is 0 Å². The molecule has 2 rings (SSSR count). The Balaban J connectivity index is 1.68. The molecular weight excluding hydrogens is 306 g/mol. The standard InChI is InChI=1S/C18H27N3O3/c1-20-12-14(11-17(20)22)13-21(2)18(23)19-10-6-8-15-7-4-5-9-16(15)24-3/h4-5,7,9,14H,6,8,10-13H2,1-3H3,(H,19,23). The Morgan fingerprint density at radius 2 is 2.17 bits per heavy atom. The van der Waals surface area contributed by atoms with Crippen LogP contribution in [-0.4, -0.2) is 62.6 Å². The SMILES string of the molecule is COc1ccccc1CCCNC(=O)N(C)CC1CC(=O)N(C)C1. The first kappa shape index (κ1) is 18.1. The van der Waals surface area contributed by atoms with Crippen molar-refractivity contribution in [1.82, 2.24) is 15.1 Å². The Hall–Kier alpha value is -2.24. The predicted molar refractivity (Wildman–Crippen MR) is 93.1 cm³/mol. The van der Waals surface area contributed by atoms with Crippen molar-refractivity contribution in [2.24, 2.45) is 5.92 Å². The highest BCUT2D eigenvalue weighted by Crippen LogP contribution is 2.19. The van der Waals surface area contributed by atoms with Crippen LogP contribution in [0.25, 0.3) is 0 Å². The van der Waals surface area contributed by atoms with Gasteiger partial charge in [-0.3, -0.25) is 4.79 Å². The topological polar surface area (TPSA) is 61.9 Å². The van der Waals surface area contributed by atoms with E-state index in [1.807, 2.05) is 24.3 Å². The monoisotopic (exact) mass is 333 g/mol. The van der Waals surface area contributed by atoms with E-state index in [0.29, 0.717) is 19.5 Å². The molecule has 1 unspecified atom stereocenters. The second kappa shape index (κ2) is 8.57. The van der Waals surface area contributed by atoms with Crippen LogP contribution in [0.4, 0.5) is 4.79 Å². The summed E-state index contributed by atoms with van der Waals surface area (Å²) in [5, 5.41) is 2.93. The number of carbonyl (C=O) groups excluding carboxylic acids is 2. The Morgan fingerprint density at radius 3 is 2.83 bits per heavy atom. The van der Waals surface area contributed by atoms with Gasteiger partial charge in [0.05, 0.1) is 7.11 Å². The third-order valence-corrected chi connectivity index (χ3v) is 4.39. The molecule has 0 radical (unpaired) electrons. The summed E-state index contributed by atoms with van der Waals surface area (Å²) in [5.74, 6) is 1.27. The normalized spacial score (nSPS) is 17.0. The number of hydrogen-bond acceptors (Lipinski definition) is 3. The van der Waals surface area contributed by atoms with Crippen molar-refractivity contribution in [3.8, 4) is 5.75 Å². The summed E-state index contributed by atoms with van der Waals surface area (Å²) >= 11 is 0. The van der Waals surface area contributed by atoms with Crippen molar-refractivity contribution in [2.75, 3.05) is 40.8 Å². The molecule has 1 atom stereocenters. The lowest BCUT2D eigenvalue weighted by Crippen LogP contribution is -2.40. The van der Waals surface area contributed by atoms with Gasteiger partial charge in [-0.2, -0.15) is 0 Å². The molecule has 132 valence electrons. The number of aryl methyl sites for hydroxylation is 1. The third kappa shape index (κ3) is 4.88. The number of rotatable bonds is 7. The van der Waals surface area contributed by atoms with Crippen molar-refractivity contribution in [3.63, 3.8) is 0 Å². The highest BCUT2D eigenvalue weighted by Gasteiger charge is 2.28. The zero-order valence-corrected chi connectivity index (χ0v) is 14.7.